The average molecular weight is 286 g/mol. The van der Waals surface area contributed by atoms with Crippen molar-refractivity contribution in [1.29, 1.82) is 0 Å². The van der Waals surface area contributed by atoms with E-state index in [4.69, 9.17) is 0 Å². The number of rotatable bonds is 4. The molecule has 1 aromatic carbocycles. The summed E-state index contributed by atoms with van der Waals surface area (Å²) in [6, 6.07) is 5.81. The third-order valence-corrected chi connectivity index (χ3v) is 3.27. The highest BCUT2D eigenvalue weighted by Gasteiger charge is 2.27. The molecule has 1 aliphatic rings. The van der Waals surface area contributed by atoms with Crippen molar-refractivity contribution in [2.24, 2.45) is 0 Å². The number of alkyl halides is 3. The number of benzene rings is 1. The van der Waals surface area contributed by atoms with E-state index >= 15 is 0 Å². The van der Waals surface area contributed by atoms with Crippen LogP contribution in [0.2, 0.25) is 0 Å². The number of aryl methyl sites for hydroxylation is 1. The fourth-order valence-electron chi connectivity index (χ4n) is 2.27. The van der Waals surface area contributed by atoms with Gasteiger partial charge >= 0.3 is 6.18 Å². The fraction of sp³-hybridized carbons (Fsp3) is 0.500. The van der Waals surface area contributed by atoms with Crippen LogP contribution in [0.25, 0.3) is 0 Å². The van der Waals surface area contributed by atoms with Crippen molar-refractivity contribution < 1.29 is 18.0 Å². The van der Waals surface area contributed by atoms with Crippen LogP contribution in [0.4, 0.5) is 18.9 Å². The molecule has 6 heteroatoms. The summed E-state index contributed by atoms with van der Waals surface area (Å²) in [5.74, 6) is -0.573. The first-order valence-corrected chi connectivity index (χ1v) is 6.64. The quantitative estimate of drug-likeness (QED) is 0.893. The minimum Gasteiger partial charge on any atom is -0.385 e. The van der Waals surface area contributed by atoms with Gasteiger partial charge in [0, 0.05) is 25.2 Å². The number of anilines is 1. The SMILES string of the molecule is O=C(CCC(F)(F)F)NCc1cccc2c1NCCC2. The lowest BCUT2D eigenvalue weighted by Crippen LogP contribution is -2.25. The Labute approximate surface area is 115 Å². The van der Waals surface area contributed by atoms with Gasteiger partial charge in [0.05, 0.1) is 6.42 Å². The zero-order chi connectivity index (χ0) is 14.6. The van der Waals surface area contributed by atoms with Gasteiger partial charge in [-0.25, -0.2) is 0 Å². The summed E-state index contributed by atoms with van der Waals surface area (Å²) in [6.45, 7) is 1.14. The molecule has 0 saturated carbocycles. The van der Waals surface area contributed by atoms with Crippen LogP contribution in [0.1, 0.15) is 30.4 Å². The van der Waals surface area contributed by atoms with Gasteiger partial charge in [-0.2, -0.15) is 13.2 Å². The highest BCUT2D eigenvalue weighted by Crippen LogP contribution is 2.26. The van der Waals surface area contributed by atoms with Crippen LogP contribution in [-0.4, -0.2) is 18.6 Å². The second kappa shape index (κ2) is 6.15. The van der Waals surface area contributed by atoms with Crippen LogP contribution >= 0.6 is 0 Å². The van der Waals surface area contributed by atoms with Crippen LogP contribution in [0.3, 0.4) is 0 Å². The number of carbonyl (C=O) groups excluding carboxylic acids is 1. The Bertz CT molecular complexity index is 486. The molecule has 2 N–H and O–H groups in total. The molecule has 0 radical (unpaired) electrons. The Hall–Kier alpha value is -1.72. The molecule has 0 unspecified atom stereocenters. The minimum absolute atomic E-state index is 0.257. The number of nitrogens with one attached hydrogen (secondary N) is 2. The molecule has 0 spiro atoms. The highest BCUT2D eigenvalue weighted by molar-refractivity contribution is 5.76. The molecule has 3 nitrogen and oxygen atoms in total. The van der Waals surface area contributed by atoms with Crippen LogP contribution in [0.5, 0.6) is 0 Å². The smallest absolute Gasteiger partial charge is 0.385 e. The van der Waals surface area contributed by atoms with Gasteiger partial charge in [0.25, 0.3) is 0 Å². The molecular formula is C14H17F3N2O. The van der Waals surface area contributed by atoms with Crippen molar-refractivity contribution in [2.45, 2.75) is 38.4 Å². The lowest BCUT2D eigenvalue weighted by molar-refractivity contribution is -0.144. The number of fused-ring (bicyclic) bond motifs is 1. The Balaban J connectivity index is 1.89. The lowest BCUT2D eigenvalue weighted by atomic mass is 9.99. The zero-order valence-corrected chi connectivity index (χ0v) is 11.0. The van der Waals surface area contributed by atoms with Crippen LogP contribution in [0.15, 0.2) is 18.2 Å². The summed E-state index contributed by atoms with van der Waals surface area (Å²) >= 11 is 0. The molecule has 110 valence electrons. The van der Waals surface area contributed by atoms with Gasteiger partial charge < -0.3 is 10.6 Å². The highest BCUT2D eigenvalue weighted by atomic mass is 19.4. The maximum atomic E-state index is 12.0. The van der Waals surface area contributed by atoms with Crippen molar-refractivity contribution >= 4 is 11.6 Å². The summed E-state index contributed by atoms with van der Waals surface area (Å²) in [4.78, 5) is 11.4. The summed E-state index contributed by atoms with van der Waals surface area (Å²) < 4.78 is 36.0. The summed E-state index contributed by atoms with van der Waals surface area (Å²) in [6.07, 6.45) is -3.84. The van der Waals surface area contributed by atoms with E-state index in [1.807, 2.05) is 18.2 Å². The van der Waals surface area contributed by atoms with Crippen LogP contribution in [0, 0.1) is 0 Å². The van der Waals surface area contributed by atoms with E-state index in [0.717, 1.165) is 30.6 Å². The van der Waals surface area contributed by atoms with Crippen LogP contribution in [-0.2, 0) is 17.8 Å². The number of carbonyl (C=O) groups is 1. The molecule has 0 bridgehead atoms. The summed E-state index contributed by atoms with van der Waals surface area (Å²) in [5.41, 5.74) is 3.12. The molecule has 0 aliphatic carbocycles. The van der Waals surface area contributed by atoms with E-state index in [9.17, 15) is 18.0 Å². The van der Waals surface area contributed by atoms with Crippen LogP contribution < -0.4 is 10.6 Å². The zero-order valence-electron chi connectivity index (χ0n) is 11.0. The first-order valence-electron chi connectivity index (χ1n) is 6.64. The van der Waals surface area contributed by atoms with E-state index in [1.54, 1.807) is 0 Å². The predicted molar refractivity (Wildman–Crippen MR) is 70.4 cm³/mol. The fourth-order valence-corrected chi connectivity index (χ4v) is 2.27. The van der Waals surface area contributed by atoms with Crippen molar-refractivity contribution in [3.63, 3.8) is 0 Å². The van der Waals surface area contributed by atoms with Gasteiger partial charge in [-0.1, -0.05) is 18.2 Å². The molecule has 1 heterocycles. The van der Waals surface area contributed by atoms with Gasteiger partial charge in [-0.05, 0) is 24.0 Å². The maximum absolute atomic E-state index is 12.0. The Morgan fingerprint density at radius 3 is 2.90 bits per heavy atom. The molecule has 20 heavy (non-hydrogen) atoms. The average Bonchev–Trinajstić information content (AvgIpc) is 2.42. The largest absolute Gasteiger partial charge is 0.389 e. The predicted octanol–water partition coefficient (Wildman–Crippen LogP) is 3.00. The summed E-state index contributed by atoms with van der Waals surface area (Å²) in [5, 5.41) is 5.82. The van der Waals surface area contributed by atoms with E-state index in [2.05, 4.69) is 10.6 Å². The van der Waals surface area contributed by atoms with E-state index in [1.165, 1.54) is 5.56 Å². The van der Waals surface area contributed by atoms with E-state index in [0.29, 0.717) is 0 Å². The molecule has 0 aromatic heterocycles. The second-order valence-corrected chi connectivity index (χ2v) is 4.87. The number of amides is 1. The molecule has 1 aromatic rings. The number of hydrogen-bond donors (Lipinski definition) is 2. The maximum Gasteiger partial charge on any atom is 0.389 e. The minimum atomic E-state index is -4.29. The van der Waals surface area contributed by atoms with Crippen molar-refractivity contribution in [3.8, 4) is 0 Å². The van der Waals surface area contributed by atoms with E-state index in [-0.39, 0.29) is 6.54 Å². The first-order chi connectivity index (χ1) is 9.46. The lowest BCUT2D eigenvalue weighted by Gasteiger charge is -2.21. The number of halogens is 3. The molecule has 0 atom stereocenters. The molecular weight excluding hydrogens is 269 g/mol. The Morgan fingerprint density at radius 1 is 1.35 bits per heavy atom. The van der Waals surface area contributed by atoms with E-state index < -0.39 is 24.9 Å². The Morgan fingerprint density at radius 2 is 2.15 bits per heavy atom. The molecule has 1 amide bonds. The second-order valence-electron chi connectivity index (χ2n) is 4.87. The topological polar surface area (TPSA) is 41.1 Å². The summed E-state index contributed by atoms with van der Waals surface area (Å²) in [7, 11) is 0. The molecule has 2 rings (SSSR count). The Kier molecular flexibility index (Phi) is 4.52. The third-order valence-electron chi connectivity index (χ3n) is 3.27. The number of para-hydroxylation sites is 1. The molecule has 1 aliphatic heterocycles. The van der Waals surface area contributed by atoms with Gasteiger partial charge in [-0.3, -0.25) is 4.79 Å². The number of hydrogen-bond acceptors (Lipinski definition) is 2. The van der Waals surface area contributed by atoms with Crippen molar-refractivity contribution in [2.75, 3.05) is 11.9 Å². The normalized spacial score (nSPS) is 14.3. The monoisotopic (exact) mass is 286 g/mol. The third kappa shape index (κ3) is 4.15. The van der Waals surface area contributed by atoms with Gasteiger partial charge in [-0.15, -0.1) is 0 Å². The van der Waals surface area contributed by atoms with Gasteiger partial charge in [0.15, 0.2) is 0 Å². The first kappa shape index (κ1) is 14.7. The molecule has 0 saturated heterocycles. The standard InChI is InChI=1S/C14H17F3N2O/c15-14(16,17)7-6-12(20)19-9-11-4-1-3-10-5-2-8-18-13(10)11/h1,3-4,18H,2,5-9H2,(H,19,20). The van der Waals surface area contributed by atoms with Crippen molar-refractivity contribution in [3.05, 3.63) is 29.3 Å². The van der Waals surface area contributed by atoms with Gasteiger partial charge in [0.1, 0.15) is 0 Å². The molecule has 0 fully saturated rings. The van der Waals surface area contributed by atoms with Crippen molar-refractivity contribution in [1.82, 2.24) is 5.32 Å². The van der Waals surface area contributed by atoms with Gasteiger partial charge in [0.2, 0.25) is 5.91 Å².